The smallest absolute Gasteiger partial charge is 0.331 e. The van der Waals surface area contributed by atoms with E-state index in [0.717, 1.165) is 30.4 Å². The van der Waals surface area contributed by atoms with E-state index in [1.807, 2.05) is 0 Å². The summed E-state index contributed by atoms with van der Waals surface area (Å²) in [5.41, 5.74) is 2.43. The number of carbonyl (C=O) groups excluding carboxylic acids is 2. The molecule has 0 bridgehead atoms. The number of nitriles is 1. The van der Waals surface area contributed by atoms with Gasteiger partial charge in [-0.1, -0.05) is 12.5 Å². The average Bonchev–Trinajstić information content (AvgIpc) is 2.80. The topological polar surface area (TPSA) is 79.2 Å². The number of rotatable bonds is 4. The van der Waals surface area contributed by atoms with Crippen molar-refractivity contribution in [1.82, 2.24) is 0 Å². The number of carbonyl (C=O) groups is 2. The van der Waals surface area contributed by atoms with E-state index in [4.69, 9.17) is 4.74 Å². The highest BCUT2D eigenvalue weighted by atomic mass is 32.1. The summed E-state index contributed by atoms with van der Waals surface area (Å²) in [5.74, 6) is -0.370. The summed E-state index contributed by atoms with van der Waals surface area (Å²) in [5, 5.41) is 12.6. The maximum absolute atomic E-state index is 11.9. The van der Waals surface area contributed by atoms with E-state index >= 15 is 0 Å². The molecule has 2 rings (SSSR count). The molecule has 1 amide bonds. The summed E-state index contributed by atoms with van der Waals surface area (Å²) in [6.07, 6.45) is 4.22. The van der Waals surface area contributed by atoms with Crippen LogP contribution >= 0.6 is 11.3 Å². The lowest BCUT2D eigenvalue weighted by Crippen LogP contribution is -2.20. The molecule has 1 aromatic heterocycles. The van der Waals surface area contributed by atoms with Gasteiger partial charge in [-0.2, -0.15) is 5.26 Å². The highest BCUT2D eigenvalue weighted by molar-refractivity contribution is 7.16. The van der Waals surface area contributed by atoms with E-state index in [2.05, 4.69) is 18.3 Å². The minimum absolute atomic E-state index is 0.355. The Labute approximate surface area is 139 Å². The largest absolute Gasteiger partial charge is 0.452 e. The van der Waals surface area contributed by atoms with Gasteiger partial charge in [0.15, 0.2) is 6.61 Å². The highest BCUT2D eigenvalue weighted by Crippen LogP contribution is 2.39. The Morgan fingerprint density at radius 1 is 1.48 bits per heavy atom. The van der Waals surface area contributed by atoms with Gasteiger partial charge in [0.05, 0.1) is 5.56 Å². The molecule has 0 radical (unpaired) electrons. The standard InChI is InChI=1S/C17H20N2O3S/c1-10(2)6-16(21)22-9-15(20)19-17-13(8-18)12-5-4-11(3)7-14(12)23-17/h6,11H,4-5,7,9H2,1-3H3,(H,19,20)/t11-/m1/s1. The van der Waals surface area contributed by atoms with Gasteiger partial charge >= 0.3 is 5.97 Å². The fourth-order valence-electron chi connectivity index (χ4n) is 2.53. The van der Waals surface area contributed by atoms with Gasteiger partial charge in [-0.15, -0.1) is 11.3 Å². The molecule has 1 aromatic rings. The second kappa shape index (κ2) is 7.42. The zero-order valence-corrected chi connectivity index (χ0v) is 14.4. The van der Waals surface area contributed by atoms with Crippen LogP contribution < -0.4 is 5.32 Å². The minimum atomic E-state index is -0.542. The molecular weight excluding hydrogens is 312 g/mol. The molecule has 122 valence electrons. The molecule has 1 heterocycles. The summed E-state index contributed by atoms with van der Waals surface area (Å²) in [4.78, 5) is 24.5. The maximum atomic E-state index is 11.9. The van der Waals surface area contributed by atoms with Crippen LogP contribution in [0.3, 0.4) is 0 Å². The van der Waals surface area contributed by atoms with E-state index in [1.165, 1.54) is 22.3 Å². The van der Waals surface area contributed by atoms with Gasteiger partial charge in [0.2, 0.25) is 0 Å². The Morgan fingerprint density at radius 3 is 2.87 bits per heavy atom. The molecule has 1 N–H and O–H groups in total. The van der Waals surface area contributed by atoms with Gasteiger partial charge in [0.25, 0.3) is 5.91 Å². The molecule has 1 aliphatic carbocycles. The lowest BCUT2D eigenvalue weighted by molar-refractivity contribution is -0.142. The minimum Gasteiger partial charge on any atom is -0.452 e. The number of thiophene rings is 1. The summed E-state index contributed by atoms with van der Waals surface area (Å²) in [7, 11) is 0. The summed E-state index contributed by atoms with van der Waals surface area (Å²) in [6, 6.07) is 2.19. The van der Waals surface area contributed by atoms with Crippen LogP contribution in [0.2, 0.25) is 0 Å². The molecule has 0 aliphatic heterocycles. The number of amides is 1. The monoisotopic (exact) mass is 332 g/mol. The zero-order valence-electron chi connectivity index (χ0n) is 13.6. The summed E-state index contributed by atoms with van der Waals surface area (Å²) < 4.78 is 4.87. The lowest BCUT2D eigenvalue weighted by atomic mass is 9.89. The average molecular weight is 332 g/mol. The number of nitrogens with one attached hydrogen (secondary N) is 1. The maximum Gasteiger partial charge on any atom is 0.331 e. The number of fused-ring (bicyclic) bond motifs is 1. The van der Waals surface area contributed by atoms with Crippen molar-refractivity contribution >= 4 is 28.2 Å². The Balaban J connectivity index is 2.03. The van der Waals surface area contributed by atoms with Gasteiger partial charge in [-0.25, -0.2) is 4.79 Å². The van der Waals surface area contributed by atoms with Crippen molar-refractivity contribution in [3.8, 4) is 6.07 Å². The molecule has 1 aliphatic rings. The third-order valence-electron chi connectivity index (χ3n) is 3.63. The van der Waals surface area contributed by atoms with Crippen LogP contribution in [-0.4, -0.2) is 18.5 Å². The second-order valence-corrected chi connectivity index (χ2v) is 7.15. The number of nitrogens with zero attached hydrogens (tertiary/aromatic N) is 1. The van der Waals surface area contributed by atoms with Crippen LogP contribution in [0.15, 0.2) is 11.6 Å². The SMILES string of the molecule is CC(C)=CC(=O)OCC(=O)Nc1sc2c(c1C#N)CC[C@@H](C)C2. The van der Waals surface area contributed by atoms with Crippen LogP contribution in [0.25, 0.3) is 0 Å². The van der Waals surface area contributed by atoms with E-state index < -0.39 is 11.9 Å². The van der Waals surface area contributed by atoms with E-state index in [1.54, 1.807) is 13.8 Å². The van der Waals surface area contributed by atoms with Crippen LogP contribution in [0, 0.1) is 17.2 Å². The van der Waals surface area contributed by atoms with Crippen LogP contribution in [0.5, 0.6) is 0 Å². The van der Waals surface area contributed by atoms with Gasteiger partial charge in [-0.3, -0.25) is 4.79 Å². The third-order valence-corrected chi connectivity index (χ3v) is 4.80. The molecule has 1 atom stereocenters. The Kier molecular flexibility index (Phi) is 5.56. The number of allylic oxidation sites excluding steroid dienone is 1. The first kappa shape index (κ1) is 17.2. The molecule has 0 saturated carbocycles. The summed E-state index contributed by atoms with van der Waals surface area (Å²) >= 11 is 1.46. The molecule has 5 nitrogen and oxygen atoms in total. The fraction of sp³-hybridized carbons (Fsp3) is 0.471. The van der Waals surface area contributed by atoms with Gasteiger partial charge in [0, 0.05) is 11.0 Å². The highest BCUT2D eigenvalue weighted by Gasteiger charge is 2.24. The van der Waals surface area contributed by atoms with Crippen molar-refractivity contribution in [2.45, 2.75) is 40.0 Å². The molecular formula is C17H20N2O3S. The zero-order chi connectivity index (χ0) is 17.0. The quantitative estimate of drug-likeness (QED) is 0.678. The number of esters is 1. The van der Waals surface area contributed by atoms with Crippen molar-refractivity contribution in [2.24, 2.45) is 5.92 Å². The number of hydrogen-bond donors (Lipinski definition) is 1. The van der Waals surface area contributed by atoms with Crippen molar-refractivity contribution in [2.75, 3.05) is 11.9 Å². The van der Waals surface area contributed by atoms with Gasteiger partial charge < -0.3 is 10.1 Å². The molecule has 0 saturated heterocycles. The van der Waals surface area contributed by atoms with Gasteiger partial charge in [-0.05, 0) is 44.6 Å². The van der Waals surface area contributed by atoms with E-state index in [-0.39, 0.29) is 6.61 Å². The van der Waals surface area contributed by atoms with Crippen LogP contribution in [0.1, 0.15) is 43.2 Å². The van der Waals surface area contributed by atoms with E-state index in [0.29, 0.717) is 16.5 Å². The van der Waals surface area contributed by atoms with Gasteiger partial charge in [0.1, 0.15) is 11.1 Å². The van der Waals surface area contributed by atoms with Crippen LogP contribution in [0.4, 0.5) is 5.00 Å². The first-order chi connectivity index (χ1) is 10.9. The fourth-order valence-corrected chi connectivity index (χ4v) is 3.91. The Hall–Kier alpha value is -2.13. The number of anilines is 1. The molecule has 0 unspecified atom stereocenters. The third kappa shape index (κ3) is 4.42. The molecule has 23 heavy (non-hydrogen) atoms. The predicted molar refractivity (Wildman–Crippen MR) is 89.2 cm³/mol. The first-order valence-corrected chi connectivity index (χ1v) is 8.38. The Morgan fingerprint density at radius 2 is 2.22 bits per heavy atom. The first-order valence-electron chi connectivity index (χ1n) is 7.56. The van der Waals surface area contributed by atoms with Crippen LogP contribution in [-0.2, 0) is 27.2 Å². The second-order valence-electron chi connectivity index (χ2n) is 6.05. The molecule has 0 fully saturated rings. The van der Waals surface area contributed by atoms with Crippen molar-refractivity contribution < 1.29 is 14.3 Å². The van der Waals surface area contributed by atoms with Crippen molar-refractivity contribution in [3.05, 3.63) is 27.7 Å². The van der Waals surface area contributed by atoms with Crippen molar-refractivity contribution in [3.63, 3.8) is 0 Å². The number of ether oxygens (including phenoxy) is 1. The molecule has 0 spiro atoms. The molecule has 0 aromatic carbocycles. The number of hydrogen-bond acceptors (Lipinski definition) is 5. The normalized spacial score (nSPS) is 16.0. The summed E-state index contributed by atoms with van der Waals surface area (Å²) in [6.45, 7) is 5.39. The van der Waals surface area contributed by atoms with E-state index in [9.17, 15) is 14.9 Å². The molecule has 6 heteroatoms. The Bertz CT molecular complexity index is 693. The predicted octanol–water partition coefficient (Wildman–Crippen LogP) is 3.19. The van der Waals surface area contributed by atoms with Crippen molar-refractivity contribution in [1.29, 1.82) is 5.26 Å². The lowest BCUT2D eigenvalue weighted by Gasteiger charge is -2.17.